The maximum atomic E-state index is 11.3. The number of ether oxygens (including phenoxy) is 1. The van der Waals surface area contributed by atoms with E-state index in [1.165, 1.54) is 13.1 Å². The number of carbonyl (C=O) groups is 2. The van der Waals surface area contributed by atoms with E-state index in [9.17, 15) is 9.59 Å². The average Bonchev–Trinajstić information content (AvgIpc) is 2.42. The van der Waals surface area contributed by atoms with Gasteiger partial charge in [-0.25, -0.2) is 0 Å². The first kappa shape index (κ1) is 18.7. The lowest BCUT2D eigenvalue weighted by molar-refractivity contribution is -0.121. The largest absolute Gasteiger partial charge is 0.381 e. The van der Waals surface area contributed by atoms with Crippen LogP contribution in [-0.2, 0) is 14.3 Å². The van der Waals surface area contributed by atoms with Crippen molar-refractivity contribution in [3.8, 4) is 0 Å². The van der Waals surface area contributed by atoms with Crippen molar-refractivity contribution in [3.63, 3.8) is 0 Å². The normalized spacial score (nSPS) is 10.9. The quantitative estimate of drug-likeness (QED) is 0.383. The van der Waals surface area contributed by atoms with E-state index in [4.69, 9.17) is 4.74 Å². The Morgan fingerprint density at radius 1 is 1.15 bits per heavy atom. The second-order valence-corrected chi connectivity index (χ2v) is 4.52. The summed E-state index contributed by atoms with van der Waals surface area (Å²) in [5.41, 5.74) is 0. The van der Waals surface area contributed by atoms with Crippen LogP contribution in [0.15, 0.2) is 4.99 Å². The van der Waals surface area contributed by atoms with Crippen LogP contribution in [0.1, 0.15) is 32.6 Å². The number of aliphatic imine (C=N–C) groups is 1. The molecule has 0 fully saturated rings. The van der Waals surface area contributed by atoms with E-state index >= 15 is 0 Å². The molecule has 0 aliphatic carbocycles. The van der Waals surface area contributed by atoms with Gasteiger partial charge in [0.1, 0.15) is 0 Å². The molecule has 0 aliphatic rings. The summed E-state index contributed by atoms with van der Waals surface area (Å²) in [7, 11) is 1.83. The van der Waals surface area contributed by atoms with E-state index in [1.807, 2.05) is 7.05 Å². The molecule has 0 aliphatic heterocycles. The number of Topliss-reactive ketones (excluding diaryl/α,β-unsaturated/α-hetero) is 1. The Kier molecular flexibility index (Phi) is 13.2. The summed E-state index contributed by atoms with van der Waals surface area (Å²) >= 11 is 0. The highest BCUT2D eigenvalue weighted by molar-refractivity contribution is 6.26. The predicted molar refractivity (Wildman–Crippen MR) is 80.3 cm³/mol. The number of hydrogen-bond donors (Lipinski definition) is 2. The van der Waals surface area contributed by atoms with Crippen LogP contribution in [0.3, 0.4) is 0 Å². The number of hydrogen-bond acceptors (Lipinski definition) is 5. The molecule has 0 atom stereocenters. The number of unbranched alkanes of at least 4 members (excludes halogenated alkanes) is 1. The van der Waals surface area contributed by atoms with Gasteiger partial charge in [-0.05, 0) is 26.3 Å². The highest BCUT2D eigenvalue weighted by Gasteiger charge is 1.98. The summed E-state index contributed by atoms with van der Waals surface area (Å²) in [5.74, 6) is 0.0614. The second-order valence-electron chi connectivity index (χ2n) is 4.52. The van der Waals surface area contributed by atoms with Gasteiger partial charge < -0.3 is 15.4 Å². The number of nitrogens with one attached hydrogen (secondary N) is 2. The van der Waals surface area contributed by atoms with Gasteiger partial charge >= 0.3 is 0 Å². The highest BCUT2D eigenvalue weighted by Crippen LogP contribution is 1.91. The van der Waals surface area contributed by atoms with Crippen LogP contribution in [0.2, 0.25) is 0 Å². The van der Waals surface area contributed by atoms with Crippen LogP contribution in [0.25, 0.3) is 0 Å². The zero-order valence-electron chi connectivity index (χ0n) is 12.6. The molecule has 0 unspecified atom stereocenters. The van der Waals surface area contributed by atoms with E-state index in [0.717, 1.165) is 19.3 Å². The van der Waals surface area contributed by atoms with Crippen molar-refractivity contribution in [2.24, 2.45) is 4.99 Å². The van der Waals surface area contributed by atoms with Gasteiger partial charge in [-0.1, -0.05) is 0 Å². The lowest BCUT2D eigenvalue weighted by Crippen LogP contribution is -2.27. The van der Waals surface area contributed by atoms with Gasteiger partial charge in [0.2, 0.25) is 5.91 Å². The maximum Gasteiger partial charge on any atom is 0.221 e. The lowest BCUT2D eigenvalue weighted by atomic mass is 10.3. The minimum atomic E-state index is -0.0253. The molecular formula is C14H27N3O3. The Bertz CT molecular complexity index is 293. The monoisotopic (exact) mass is 285 g/mol. The van der Waals surface area contributed by atoms with Crippen molar-refractivity contribution >= 4 is 17.9 Å². The average molecular weight is 285 g/mol. The fourth-order valence-electron chi connectivity index (χ4n) is 1.44. The van der Waals surface area contributed by atoms with Gasteiger partial charge in [-0.2, -0.15) is 0 Å². The predicted octanol–water partition coefficient (Wildman–Crippen LogP) is 0.559. The smallest absolute Gasteiger partial charge is 0.221 e. The summed E-state index contributed by atoms with van der Waals surface area (Å²) in [6, 6.07) is 0. The molecule has 0 saturated heterocycles. The number of carbonyl (C=O) groups excluding carboxylic acids is 2. The van der Waals surface area contributed by atoms with E-state index < -0.39 is 0 Å². The molecule has 6 nitrogen and oxygen atoms in total. The summed E-state index contributed by atoms with van der Waals surface area (Å²) in [6.45, 7) is 4.88. The molecule has 1 amide bonds. The van der Waals surface area contributed by atoms with Crippen LogP contribution in [0.5, 0.6) is 0 Å². The summed E-state index contributed by atoms with van der Waals surface area (Å²) in [6.07, 6.45) is 4.55. The standard InChI is InChI=1S/C14H27N3O3/c1-13(18)12-16-7-5-11-20-10-4-3-8-17-14(19)6-9-15-2/h12,15H,3-11H2,1-2H3,(H,17,19). The third-order valence-electron chi connectivity index (χ3n) is 2.49. The van der Waals surface area contributed by atoms with Gasteiger partial charge in [-0.15, -0.1) is 0 Å². The third kappa shape index (κ3) is 14.8. The summed E-state index contributed by atoms with van der Waals surface area (Å²) in [4.78, 5) is 25.8. The Morgan fingerprint density at radius 3 is 2.60 bits per heavy atom. The third-order valence-corrected chi connectivity index (χ3v) is 2.49. The van der Waals surface area contributed by atoms with Gasteiger partial charge in [0, 0.05) is 46.2 Å². The molecule has 0 saturated carbocycles. The van der Waals surface area contributed by atoms with Crippen molar-refractivity contribution in [2.45, 2.75) is 32.6 Å². The molecule has 0 rings (SSSR count). The molecule has 0 aromatic heterocycles. The first-order valence-electron chi connectivity index (χ1n) is 7.16. The van der Waals surface area contributed by atoms with Crippen LogP contribution < -0.4 is 10.6 Å². The summed E-state index contributed by atoms with van der Waals surface area (Å²) < 4.78 is 5.43. The number of amides is 1. The molecule has 0 heterocycles. The Morgan fingerprint density at radius 2 is 1.90 bits per heavy atom. The van der Waals surface area contributed by atoms with Crippen molar-refractivity contribution in [1.29, 1.82) is 0 Å². The van der Waals surface area contributed by atoms with Crippen molar-refractivity contribution in [3.05, 3.63) is 0 Å². The summed E-state index contributed by atoms with van der Waals surface area (Å²) in [5, 5.41) is 5.80. The van der Waals surface area contributed by atoms with Crippen LogP contribution in [-0.4, -0.2) is 57.8 Å². The van der Waals surface area contributed by atoms with Crippen LogP contribution in [0.4, 0.5) is 0 Å². The molecule has 6 heteroatoms. The Labute approximate surface area is 121 Å². The van der Waals surface area contributed by atoms with Crippen LogP contribution >= 0.6 is 0 Å². The first-order valence-corrected chi connectivity index (χ1v) is 7.16. The van der Waals surface area contributed by atoms with Gasteiger partial charge in [0.15, 0.2) is 5.78 Å². The zero-order valence-corrected chi connectivity index (χ0v) is 12.6. The topological polar surface area (TPSA) is 79.8 Å². The SMILES string of the molecule is CNCCC(=O)NCCCCOCCCN=CC(C)=O. The van der Waals surface area contributed by atoms with E-state index in [1.54, 1.807) is 0 Å². The van der Waals surface area contributed by atoms with Crippen LogP contribution in [0, 0.1) is 0 Å². The Balaban J connectivity index is 3.17. The van der Waals surface area contributed by atoms with Crippen molar-refractivity contribution < 1.29 is 14.3 Å². The maximum absolute atomic E-state index is 11.3. The molecular weight excluding hydrogens is 258 g/mol. The highest BCUT2D eigenvalue weighted by atomic mass is 16.5. The molecule has 20 heavy (non-hydrogen) atoms. The van der Waals surface area contributed by atoms with Gasteiger partial charge in [0.25, 0.3) is 0 Å². The molecule has 116 valence electrons. The lowest BCUT2D eigenvalue weighted by Gasteiger charge is -2.05. The molecule has 0 spiro atoms. The Hall–Kier alpha value is -1.27. The fraction of sp³-hybridized carbons (Fsp3) is 0.786. The second kappa shape index (κ2) is 14.1. The van der Waals surface area contributed by atoms with E-state index in [2.05, 4.69) is 15.6 Å². The molecule has 0 radical (unpaired) electrons. The molecule has 0 aromatic carbocycles. The van der Waals surface area contributed by atoms with Gasteiger partial charge in [0.05, 0.1) is 6.21 Å². The fourth-order valence-corrected chi connectivity index (χ4v) is 1.44. The molecule has 0 aromatic rings. The van der Waals surface area contributed by atoms with Gasteiger partial charge in [-0.3, -0.25) is 14.6 Å². The van der Waals surface area contributed by atoms with E-state index in [0.29, 0.717) is 39.3 Å². The number of ketones is 1. The first-order chi connectivity index (χ1) is 9.66. The van der Waals surface area contributed by atoms with E-state index in [-0.39, 0.29) is 11.7 Å². The minimum Gasteiger partial charge on any atom is -0.381 e. The molecule has 2 N–H and O–H groups in total. The van der Waals surface area contributed by atoms with Crippen molar-refractivity contribution in [1.82, 2.24) is 10.6 Å². The molecule has 0 bridgehead atoms. The van der Waals surface area contributed by atoms with Crippen molar-refractivity contribution in [2.75, 3.05) is 39.9 Å². The number of nitrogens with zero attached hydrogens (tertiary/aromatic N) is 1. The minimum absolute atomic E-state index is 0.0253. The number of rotatable bonds is 13. The zero-order chi connectivity index (χ0) is 15.1.